The van der Waals surface area contributed by atoms with Gasteiger partial charge in [0, 0.05) is 28.9 Å². The third-order valence-electron chi connectivity index (χ3n) is 5.11. The second-order valence-electron chi connectivity index (χ2n) is 7.37. The van der Waals surface area contributed by atoms with Gasteiger partial charge in [-0.25, -0.2) is 0 Å². The van der Waals surface area contributed by atoms with Gasteiger partial charge in [-0.05, 0) is 44.0 Å². The summed E-state index contributed by atoms with van der Waals surface area (Å²) in [5.41, 5.74) is 1.14. The number of hydrogen-bond acceptors (Lipinski definition) is 5. The zero-order valence-electron chi connectivity index (χ0n) is 16.1. The fourth-order valence-electron chi connectivity index (χ4n) is 3.52. The number of carbonyl (C=O) groups excluding carboxylic acids is 1. The molecule has 1 aromatic heterocycles. The maximum absolute atomic E-state index is 12.8. The van der Waals surface area contributed by atoms with Crippen molar-refractivity contribution in [2.45, 2.75) is 32.4 Å². The fourth-order valence-corrected chi connectivity index (χ4v) is 3.52. The zero-order valence-corrected chi connectivity index (χ0v) is 16.1. The number of hydrogen-bond donors (Lipinski definition) is 1. The van der Waals surface area contributed by atoms with Gasteiger partial charge in [-0.1, -0.05) is 0 Å². The minimum Gasteiger partial charge on any atom is -0.494 e. The number of nitrogens with one attached hydrogen (secondary N) is 1. The van der Waals surface area contributed by atoms with Gasteiger partial charge >= 0.3 is 0 Å². The predicted octanol–water partition coefficient (Wildman–Crippen LogP) is 2.08. The van der Waals surface area contributed by atoms with Crippen molar-refractivity contribution in [1.82, 2.24) is 9.88 Å². The summed E-state index contributed by atoms with van der Waals surface area (Å²) < 4.78 is 16.7. The van der Waals surface area contributed by atoms with Crippen LogP contribution in [0.3, 0.4) is 0 Å². The van der Waals surface area contributed by atoms with Gasteiger partial charge in [0.1, 0.15) is 5.75 Å². The van der Waals surface area contributed by atoms with Crippen LogP contribution in [0, 0.1) is 5.92 Å². The molecule has 7 nitrogen and oxygen atoms in total. The first-order valence-corrected chi connectivity index (χ1v) is 9.91. The van der Waals surface area contributed by atoms with E-state index >= 15 is 0 Å². The van der Waals surface area contributed by atoms with E-state index in [2.05, 4.69) is 4.98 Å². The van der Waals surface area contributed by atoms with Gasteiger partial charge in [0.05, 0.1) is 39.1 Å². The Balaban J connectivity index is 1.58. The summed E-state index contributed by atoms with van der Waals surface area (Å²) in [6.07, 6.45) is 1.69. The van der Waals surface area contributed by atoms with Gasteiger partial charge in [-0.3, -0.25) is 9.59 Å². The van der Waals surface area contributed by atoms with E-state index in [1.807, 2.05) is 31.2 Å². The van der Waals surface area contributed by atoms with Crippen LogP contribution in [-0.2, 0) is 20.8 Å². The lowest BCUT2D eigenvalue weighted by molar-refractivity contribution is -0.140. The zero-order chi connectivity index (χ0) is 19.5. The molecule has 2 aliphatic rings. The molecule has 1 amide bonds. The number of H-pyrrole nitrogens is 1. The van der Waals surface area contributed by atoms with Gasteiger partial charge in [0.15, 0.2) is 0 Å². The van der Waals surface area contributed by atoms with E-state index in [0.29, 0.717) is 38.5 Å². The molecule has 0 bridgehead atoms. The van der Waals surface area contributed by atoms with E-state index in [9.17, 15) is 9.59 Å². The maximum Gasteiger partial charge on any atom is 0.253 e. The highest BCUT2D eigenvalue weighted by molar-refractivity contribution is 5.82. The van der Waals surface area contributed by atoms with Crippen LogP contribution in [0.25, 0.3) is 10.9 Å². The molecule has 4 rings (SSSR count). The monoisotopic (exact) mass is 386 g/mol. The van der Waals surface area contributed by atoms with E-state index < -0.39 is 0 Å². The Morgan fingerprint density at radius 3 is 2.86 bits per heavy atom. The molecule has 28 heavy (non-hydrogen) atoms. The number of fused-ring (bicyclic) bond motifs is 1. The molecule has 1 aliphatic heterocycles. The molecule has 1 aromatic carbocycles. The summed E-state index contributed by atoms with van der Waals surface area (Å²) in [6, 6.07) is 7.43. The first kappa shape index (κ1) is 19.0. The van der Waals surface area contributed by atoms with Crippen molar-refractivity contribution in [2.75, 3.05) is 33.0 Å². The Labute approximate surface area is 163 Å². The summed E-state index contributed by atoms with van der Waals surface area (Å²) in [7, 11) is 0. The molecule has 2 fully saturated rings. The van der Waals surface area contributed by atoms with Gasteiger partial charge < -0.3 is 24.1 Å². The molecule has 1 atom stereocenters. The summed E-state index contributed by atoms with van der Waals surface area (Å²) in [5, 5.41) is 0.886. The minimum atomic E-state index is -0.175. The molecule has 2 heterocycles. The number of carbonyl (C=O) groups is 1. The average molecular weight is 386 g/mol. The van der Waals surface area contributed by atoms with Crippen molar-refractivity contribution < 1.29 is 19.0 Å². The molecule has 1 N–H and O–H groups in total. The van der Waals surface area contributed by atoms with Crippen molar-refractivity contribution in [3.8, 4) is 5.75 Å². The number of ether oxygens (including phenoxy) is 3. The highest BCUT2D eigenvalue weighted by atomic mass is 16.6. The first-order valence-electron chi connectivity index (χ1n) is 9.91. The van der Waals surface area contributed by atoms with Crippen LogP contribution in [0.5, 0.6) is 5.75 Å². The topological polar surface area (TPSA) is 80.9 Å². The summed E-state index contributed by atoms with van der Waals surface area (Å²) >= 11 is 0. The van der Waals surface area contributed by atoms with Crippen molar-refractivity contribution in [3.05, 3.63) is 40.2 Å². The second kappa shape index (κ2) is 8.32. The van der Waals surface area contributed by atoms with Crippen LogP contribution >= 0.6 is 0 Å². The summed E-state index contributed by atoms with van der Waals surface area (Å²) in [6.45, 7) is 4.80. The van der Waals surface area contributed by atoms with Gasteiger partial charge in [0.2, 0.25) is 5.91 Å². The first-order chi connectivity index (χ1) is 13.6. The molecular weight excluding hydrogens is 360 g/mol. The van der Waals surface area contributed by atoms with E-state index in [-0.39, 0.29) is 30.0 Å². The van der Waals surface area contributed by atoms with Crippen LogP contribution in [0.4, 0.5) is 0 Å². The van der Waals surface area contributed by atoms with Crippen LogP contribution in [0.2, 0.25) is 0 Å². The number of aromatic nitrogens is 1. The lowest BCUT2D eigenvalue weighted by Crippen LogP contribution is -2.43. The lowest BCUT2D eigenvalue weighted by atomic mass is 10.1. The van der Waals surface area contributed by atoms with E-state index in [4.69, 9.17) is 14.2 Å². The molecular formula is C21H26N2O5. The lowest BCUT2D eigenvalue weighted by Gasteiger charge is -2.30. The predicted molar refractivity (Wildman–Crippen MR) is 104 cm³/mol. The fraction of sp³-hybridized carbons (Fsp3) is 0.524. The number of pyridine rings is 1. The van der Waals surface area contributed by atoms with Crippen LogP contribution in [-0.4, -0.2) is 54.9 Å². The minimum absolute atomic E-state index is 0.0774. The third kappa shape index (κ3) is 4.36. The Morgan fingerprint density at radius 1 is 1.29 bits per heavy atom. The molecule has 0 spiro atoms. The smallest absolute Gasteiger partial charge is 0.253 e. The average Bonchev–Trinajstić information content (AvgIpc) is 3.54. The molecule has 0 unspecified atom stereocenters. The van der Waals surface area contributed by atoms with E-state index in [0.717, 1.165) is 29.5 Å². The van der Waals surface area contributed by atoms with Gasteiger partial charge in [-0.2, -0.15) is 0 Å². The largest absolute Gasteiger partial charge is 0.494 e. The summed E-state index contributed by atoms with van der Waals surface area (Å²) in [4.78, 5) is 30.1. The molecule has 2 aromatic rings. The molecule has 0 radical (unpaired) electrons. The SMILES string of the molecule is CCOc1ccc2[nH]c(=O)c(CN(C[C@H]3COCCO3)C(=O)C3CC3)cc2c1. The van der Waals surface area contributed by atoms with E-state index in [1.54, 1.807) is 4.90 Å². The van der Waals surface area contributed by atoms with Crippen molar-refractivity contribution >= 4 is 16.8 Å². The number of amides is 1. The van der Waals surface area contributed by atoms with Crippen LogP contribution < -0.4 is 10.3 Å². The van der Waals surface area contributed by atoms with Crippen molar-refractivity contribution in [1.29, 1.82) is 0 Å². The van der Waals surface area contributed by atoms with Crippen molar-refractivity contribution in [2.24, 2.45) is 5.92 Å². The highest BCUT2D eigenvalue weighted by Crippen LogP contribution is 2.31. The van der Waals surface area contributed by atoms with Gasteiger partial charge in [-0.15, -0.1) is 0 Å². The van der Waals surface area contributed by atoms with Crippen LogP contribution in [0.15, 0.2) is 29.1 Å². The Morgan fingerprint density at radius 2 is 2.14 bits per heavy atom. The van der Waals surface area contributed by atoms with E-state index in [1.165, 1.54) is 0 Å². The maximum atomic E-state index is 12.8. The number of aromatic amines is 1. The molecule has 1 saturated carbocycles. The van der Waals surface area contributed by atoms with Gasteiger partial charge in [0.25, 0.3) is 5.56 Å². The number of rotatable bonds is 7. The number of benzene rings is 1. The highest BCUT2D eigenvalue weighted by Gasteiger charge is 2.35. The third-order valence-corrected chi connectivity index (χ3v) is 5.11. The quantitative estimate of drug-likeness (QED) is 0.788. The van der Waals surface area contributed by atoms with Crippen molar-refractivity contribution in [3.63, 3.8) is 0 Å². The van der Waals surface area contributed by atoms with Crippen LogP contribution in [0.1, 0.15) is 25.3 Å². The molecule has 1 aliphatic carbocycles. The second-order valence-corrected chi connectivity index (χ2v) is 7.37. The number of nitrogens with zero attached hydrogens (tertiary/aromatic N) is 1. The Hall–Kier alpha value is -2.38. The molecule has 7 heteroatoms. The standard InChI is InChI=1S/C21H26N2O5/c1-2-27-17-5-6-19-15(10-17)9-16(20(24)22-19)11-23(21(25)14-3-4-14)12-18-13-26-7-8-28-18/h5-6,9-10,14,18H,2-4,7-8,11-13H2,1H3,(H,22,24)/t18-/m0/s1. The summed E-state index contributed by atoms with van der Waals surface area (Å²) in [5.74, 6) is 0.928. The molecule has 1 saturated heterocycles. The Bertz CT molecular complexity index is 899. The Kier molecular flexibility index (Phi) is 5.64. The molecule has 150 valence electrons. The normalized spacial score (nSPS) is 19.5.